The summed E-state index contributed by atoms with van der Waals surface area (Å²) < 4.78 is 31.7. The fourth-order valence-electron chi connectivity index (χ4n) is 4.10. The molecule has 11 heteroatoms. The van der Waals surface area contributed by atoms with Crippen LogP contribution in [0.5, 0.6) is 5.75 Å². The molecule has 0 heterocycles. The molecule has 0 aliphatic rings. The molecule has 0 aromatic heterocycles. The lowest BCUT2D eigenvalue weighted by molar-refractivity contribution is -0.123. The largest absolute Gasteiger partial charge is 0.484 e. The van der Waals surface area contributed by atoms with Gasteiger partial charge in [-0.15, -0.1) is 0 Å². The summed E-state index contributed by atoms with van der Waals surface area (Å²) in [4.78, 5) is 24.8. The maximum absolute atomic E-state index is 12.6. The fraction of sp³-hybridized carbons (Fsp3) is 0.156. The van der Waals surface area contributed by atoms with Crippen LogP contribution in [-0.2, 0) is 21.4 Å². The topological polar surface area (TPSA) is 117 Å². The van der Waals surface area contributed by atoms with E-state index in [2.05, 4.69) is 15.8 Å². The summed E-state index contributed by atoms with van der Waals surface area (Å²) in [5, 5.41) is 7.35. The van der Waals surface area contributed by atoms with Crippen molar-refractivity contribution in [1.82, 2.24) is 10.7 Å². The van der Waals surface area contributed by atoms with Crippen LogP contribution in [-0.4, -0.2) is 39.3 Å². The van der Waals surface area contributed by atoms with E-state index in [4.69, 9.17) is 16.3 Å². The van der Waals surface area contributed by atoms with Crippen molar-refractivity contribution in [2.24, 2.45) is 5.10 Å². The monoisotopic (exact) mass is 618 g/mol. The van der Waals surface area contributed by atoms with Crippen LogP contribution < -0.4 is 19.8 Å². The van der Waals surface area contributed by atoms with Crippen molar-refractivity contribution in [2.45, 2.75) is 19.5 Å². The van der Waals surface area contributed by atoms with Gasteiger partial charge in [-0.05, 0) is 78.2 Å². The van der Waals surface area contributed by atoms with Crippen LogP contribution in [0.2, 0.25) is 5.02 Å². The molecule has 0 aliphatic heterocycles. The number of nitrogens with one attached hydrogen (secondary N) is 2. The lowest BCUT2D eigenvalue weighted by Crippen LogP contribution is -2.31. The first-order valence-corrected chi connectivity index (χ1v) is 15.5. The zero-order valence-electron chi connectivity index (χ0n) is 23.6. The summed E-state index contributed by atoms with van der Waals surface area (Å²) in [5.41, 5.74) is 5.52. The molecule has 0 fully saturated rings. The third-order valence-electron chi connectivity index (χ3n) is 6.40. The van der Waals surface area contributed by atoms with Gasteiger partial charge in [0, 0.05) is 10.6 Å². The van der Waals surface area contributed by atoms with Gasteiger partial charge in [-0.1, -0.05) is 60.1 Å². The molecule has 0 saturated heterocycles. The Morgan fingerprint density at radius 3 is 2.23 bits per heavy atom. The molecule has 0 spiro atoms. The van der Waals surface area contributed by atoms with Gasteiger partial charge in [0.15, 0.2) is 6.61 Å². The van der Waals surface area contributed by atoms with E-state index in [0.29, 0.717) is 33.1 Å². The van der Waals surface area contributed by atoms with Crippen molar-refractivity contribution in [3.63, 3.8) is 0 Å². The van der Waals surface area contributed by atoms with E-state index >= 15 is 0 Å². The molecule has 4 aromatic carbocycles. The highest BCUT2D eigenvalue weighted by Gasteiger charge is 2.19. The minimum Gasteiger partial charge on any atom is -0.484 e. The van der Waals surface area contributed by atoms with Gasteiger partial charge in [-0.2, -0.15) is 5.10 Å². The molecule has 4 aromatic rings. The second-order valence-corrected chi connectivity index (χ2v) is 12.0. The Kier molecular flexibility index (Phi) is 10.5. The Balaban J connectivity index is 1.28. The SMILES string of the molecule is C[C@@H](NC(=O)COc1ccc(/C=N\NC(=O)c2ccc(N(Cc3ccccc3Cl)S(C)(=O)=O)cc2)cc1)c1ccccc1. The second-order valence-electron chi connectivity index (χ2n) is 9.66. The van der Waals surface area contributed by atoms with Gasteiger partial charge < -0.3 is 10.1 Å². The Hall–Kier alpha value is -4.67. The van der Waals surface area contributed by atoms with Gasteiger partial charge in [0.1, 0.15) is 5.75 Å². The number of anilines is 1. The van der Waals surface area contributed by atoms with E-state index in [1.165, 1.54) is 22.7 Å². The van der Waals surface area contributed by atoms with Gasteiger partial charge >= 0.3 is 0 Å². The highest BCUT2D eigenvalue weighted by Crippen LogP contribution is 2.24. The minimum atomic E-state index is -3.62. The molecule has 0 unspecified atom stereocenters. The molecule has 1 atom stereocenters. The molecule has 2 N–H and O–H groups in total. The molecule has 2 amide bonds. The van der Waals surface area contributed by atoms with Crippen molar-refractivity contribution in [3.8, 4) is 5.75 Å². The molecule has 9 nitrogen and oxygen atoms in total. The zero-order chi connectivity index (χ0) is 30.8. The lowest BCUT2D eigenvalue weighted by atomic mass is 10.1. The van der Waals surface area contributed by atoms with E-state index in [1.807, 2.05) is 37.3 Å². The number of sulfonamides is 1. The maximum atomic E-state index is 12.6. The molecule has 0 saturated carbocycles. The van der Waals surface area contributed by atoms with Crippen molar-refractivity contribution < 1.29 is 22.7 Å². The number of hydrazone groups is 1. The molecule has 222 valence electrons. The van der Waals surface area contributed by atoms with Gasteiger partial charge in [0.05, 0.1) is 30.7 Å². The third kappa shape index (κ3) is 9.16. The first-order valence-electron chi connectivity index (χ1n) is 13.3. The van der Waals surface area contributed by atoms with Crippen molar-refractivity contribution in [3.05, 3.63) is 130 Å². The number of nitrogens with zero attached hydrogens (tertiary/aromatic N) is 2. The highest BCUT2D eigenvalue weighted by molar-refractivity contribution is 7.92. The number of carbonyl (C=O) groups is 2. The fourth-order valence-corrected chi connectivity index (χ4v) is 5.17. The minimum absolute atomic E-state index is 0.0544. The van der Waals surface area contributed by atoms with Gasteiger partial charge in [0.25, 0.3) is 11.8 Å². The first kappa shape index (κ1) is 31.3. The average molecular weight is 619 g/mol. The van der Waals surface area contributed by atoms with Gasteiger partial charge in [-0.25, -0.2) is 13.8 Å². The number of benzene rings is 4. The predicted octanol–water partition coefficient (Wildman–Crippen LogP) is 5.33. The van der Waals surface area contributed by atoms with E-state index in [9.17, 15) is 18.0 Å². The van der Waals surface area contributed by atoms with Crippen LogP contribution in [0.4, 0.5) is 5.69 Å². The predicted molar refractivity (Wildman–Crippen MR) is 169 cm³/mol. The van der Waals surface area contributed by atoms with Crippen LogP contribution >= 0.6 is 11.6 Å². The second kappa shape index (κ2) is 14.5. The van der Waals surface area contributed by atoms with Gasteiger partial charge in [-0.3, -0.25) is 13.9 Å². The molecule has 0 radical (unpaired) electrons. The normalized spacial score (nSPS) is 12.0. The molecule has 0 bridgehead atoms. The summed E-state index contributed by atoms with van der Waals surface area (Å²) in [5.74, 6) is -0.181. The van der Waals surface area contributed by atoms with E-state index in [1.54, 1.807) is 60.7 Å². The standard InChI is InChI=1S/C32H31ClN4O5S/c1-23(25-8-4-3-5-9-25)35-31(38)22-42-29-18-12-24(13-19-29)20-34-36-32(39)26-14-16-28(17-15-26)37(43(2,40)41)21-27-10-6-7-11-30(27)33/h3-20,23H,21-22H2,1-2H3,(H,35,38)(H,36,39)/b34-20-/t23-/m1/s1. The maximum Gasteiger partial charge on any atom is 0.271 e. The number of amides is 2. The van der Waals surface area contributed by atoms with Crippen LogP contribution in [0.3, 0.4) is 0 Å². The quantitative estimate of drug-likeness (QED) is 0.164. The average Bonchev–Trinajstić information content (AvgIpc) is 3.00. The highest BCUT2D eigenvalue weighted by atomic mass is 35.5. The number of hydrogen-bond donors (Lipinski definition) is 2. The molecular formula is C32H31ClN4O5S. The third-order valence-corrected chi connectivity index (χ3v) is 7.91. The van der Waals surface area contributed by atoms with Crippen LogP contribution in [0.25, 0.3) is 0 Å². The summed E-state index contributed by atoms with van der Waals surface area (Å²) in [7, 11) is -3.62. The summed E-state index contributed by atoms with van der Waals surface area (Å²) in [6.07, 6.45) is 2.58. The number of hydrogen-bond acceptors (Lipinski definition) is 6. The van der Waals surface area contributed by atoms with Gasteiger partial charge in [0.2, 0.25) is 10.0 Å². The van der Waals surface area contributed by atoms with E-state index in [-0.39, 0.29) is 25.1 Å². The smallest absolute Gasteiger partial charge is 0.271 e. The lowest BCUT2D eigenvalue weighted by Gasteiger charge is -2.23. The summed E-state index contributed by atoms with van der Waals surface area (Å²) in [6.45, 7) is 1.84. The van der Waals surface area contributed by atoms with Crippen LogP contribution in [0, 0.1) is 0 Å². The van der Waals surface area contributed by atoms with Crippen LogP contribution in [0.1, 0.15) is 40.0 Å². The Bertz CT molecular complexity index is 1680. The number of halogens is 1. The van der Waals surface area contributed by atoms with Crippen molar-refractivity contribution in [1.29, 1.82) is 0 Å². The molecule has 43 heavy (non-hydrogen) atoms. The Labute approximate surface area is 256 Å². The number of rotatable bonds is 12. The molecule has 0 aliphatic carbocycles. The Morgan fingerprint density at radius 2 is 1.58 bits per heavy atom. The first-order chi connectivity index (χ1) is 20.6. The van der Waals surface area contributed by atoms with Crippen molar-refractivity contribution >= 4 is 45.3 Å². The molecule has 4 rings (SSSR count). The summed E-state index contributed by atoms with van der Waals surface area (Å²) in [6, 6.07) is 29.6. The number of ether oxygens (including phenoxy) is 1. The summed E-state index contributed by atoms with van der Waals surface area (Å²) >= 11 is 6.22. The van der Waals surface area contributed by atoms with Crippen molar-refractivity contribution in [2.75, 3.05) is 17.2 Å². The van der Waals surface area contributed by atoms with E-state index in [0.717, 1.165) is 11.8 Å². The number of carbonyl (C=O) groups excluding carboxylic acids is 2. The molecular weight excluding hydrogens is 588 g/mol. The Morgan fingerprint density at radius 1 is 0.930 bits per heavy atom. The van der Waals surface area contributed by atoms with E-state index < -0.39 is 15.9 Å². The zero-order valence-corrected chi connectivity index (χ0v) is 25.2. The van der Waals surface area contributed by atoms with Crippen LogP contribution in [0.15, 0.2) is 108 Å².